The predicted molar refractivity (Wildman–Crippen MR) is 117 cm³/mol. The van der Waals surface area contributed by atoms with Crippen LogP contribution in [0.2, 0.25) is 0 Å². The number of rotatable bonds is 13. The Labute approximate surface area is 190 Å². The Bertz CT molecular complexity index is 943. The Morgan fingerprint density at radius 2 is 1.82 bits per heavy atom. The number of H-pyrrole nitrogens is 1. The molecule has 2 rings (SSSR count). The summed E-state index contributed by atoms with van der Waals surface area (Å²) in [6, 6.07) is 3.71. The van der Waals surface area contributed by atoms with Crippen molar-refractivity contribution < 1.29 is 36.8 Å². The number of unbranched alkanes of at least 4 members (excludes halogenated alkanes) is 5. The number of imidazole rings is 1. The van der Waals surface area contributed by atoms with E-state index in [9.17, 15) is 17.7 Å². The molecular weight excluding hydrogens is 462 g/mol. The van der Waals surface area contributed by atoms with Gasteiger partial charge < -0.3 is 25.2 Å². The number of nitrogens with two attached hydrogens (primary N) is 1. The van der Waals surface area contributed by atoms with E-state index in [1.807, 2.05) is 0 Å². The van der Waals surface area contributed by atoms with Crippen molar-refractivity contribution in [3.05, 3.63) is 35.8 Å². The van der Waals surface area contributed by atoms with E-state index < -0.39 is 31.7 Å². The third-order valence-corrected chi connectivity index (χ3v) is 5.47. The lowest BCUT2D eigenvalue weighted by molar-refractivity contribution is -0.138. The number of nitrogens with one attached hydrogen (secondary N) is 1. The van der Waals surface area contributed by atoms with Gasteiger partial charge in [0, 0.05) is 5.56 Å². The van der Waals surface area contributed by atoms with Crippen LogP contribution in [0.25, 0.3) is 11.3 Å². The molecule has 0 aliphatic carbocycles. The summed E-state index contributed by atoms with van der Waals surface area (Å²) < 4.78 is 61.7. The number of benzene rings is 1. The first-order valence-electron chi connectivity index (χ1n) is 10.7. The Kier molecular flexibility index (Phi) is 9.51. The lowest BCUT2D eigenvalue weighted by Crippen LogP contribution is -2.39. The zero-order valence-electron chi connectivity index (χ0n) is 18.7. The van der Waals surface area contributed by atoms with Gasteiger partial charge in [-0.1, -0.05) is 39.0 Å². The van der Waals surface area contributed by atoms with Gasteiger partial charge in [0.25, 0.3) is 0 Å². The average Bonchev–Trinajstić information content (AvgIpc) is 3.22. The van der Waals surface area contributed by atoms with Crippen LogP contribution in [-0.4, -0.2) is 33.0 Å². The van der Waals surface area contributed by atoms with Crippen molar-refractivity contribution in [1.29, 1.82) is 0 Å². The summed E-state index contributed by atoms with van der Waals surface area (Å²) in [6.07, 6.45) is 2.68. The quantitative estimate of drug-likeness (QED) is 0.225. The molecule has 1 aromatic carbocycles. The number of halogens is 3. The smallest absolute Gasteiger partial charge is 0.469 e. The molecule has 186 valence electrons. The van der Waals surface area contributed by atoms with Crippen molar-refractivity contribution in [3.8, 4) is 17.0 Å². The third-order valence-electron chi connectivity index (χ3n) is 5.00. The summed E-state index contributed by atoms with van der Waals surface area (Å²) in [4.78, 5) is 24.6. The van der Waals surface area contributed by atoms with Gasteiger partial charge in [-0.2, -0.15) is 13.2 Å². The highest BCUT2D eigenvalue weighted by Gasteiger charge is 2.35. The van der Waals surface area contributed by atoms with Crippen LogP contribution in [0.3, 0.4) is 0 Å². The largest absolute Gasteiger partial charge is 0.493 e. The van der Waals surface area contributed by atoms with E-state index in [0.29, 0.717) is 6.42 Å². The van der Waals surface area contributed by atoms with Gasteiger partial charge in [-0.25, -0.2) is 9.55 Å². The number of phosphoric acid groups is 1. The second-order valence-corrected chi connectivity index (χ2v) is 9.39. The van der Waals surface area contributed by atoms with Gasteiger partial charge in [-0.15, -0.1) is 0 Å². The monoisotopic (exact) mass is 493 g/mol. The van der Waals surface area contributed by atoms with Crippen molar-refractivity contribution in [2.45, 2.75) is 64.1 Å². The summed E-state index contributed by atoms with van der Waals surface area (Å²) in [6.45, 7) is 3.19. The number of hydrogen-bond donors (Lipinski definition) is 4. The topological polar surface area (TPSA) is 131 Å². The Morgan fingerprint density at radius 1 is 1.15 bits per heavy atom. The molecule has 1 aromatic heterocycles. The van der Waals surface area contributed by atoms with Crippen molar-refractivity contribution in [2.75, 3.05) is 13.2 Å². The number of hydrogen-bond acceptors (Lipinski definition) is 5. The van der Waals surface area contributed by atoms with E-state index >= 15 is 0 Å². The third kappa shape index (κ3) is 8.75. The minimum Gasteiger partial charge on any atom is -0.493 e. The highest BCUT2D eigenvalue weighted by atomic mass is 31.2. The van der Waals surface area contributed by atoms with Crippen molar-refractivity contribution in [1.82, 2.24) is 9.97 Å². The molecule has 12 heteroatoms. The maximum atomic E-state index is 13.6. The summed E-state index contributed by atoms with van der Waals surface area (Å²) in [5, 5.41) is 0. The molecule has 1 heterocycles. The van der Waals surface area contributed by atoms with Gasteiger partial charge in [0.2, 0.25) is 0 Å². The zero-order chi connectivity index (χ0) is 24.7. The molecule has 0 radical (unpaired) electrons. The molecule has 1 atom stereocenters. The Balaban J connectivity index is 2.13. The fourth-order valence-electron chi connectivity index (χ4n) is 3.15. The van der Waals surface area contributed by atoms with Crippen LogP contribution in [0.5, 0.6) is 5.75 Å². The number of phosphoric ester groups is 1. The summed E-state index contributed by atoms with van der Waals surface area (Å²) in [5.41, 5.74) is 4.16. The van der Waals surface area contributed by atoms with E-state index in [-0.39, 0.29) is 29.4 Å². The molecule has 0 bridgehead atoms. The van der Waals surface area contributed by atoms with E-state index in [4.69, 9.17) is 20.3 Å². The summed E-state index contributed by atoms with van der Waals surface area (Å²) in [5.74, 6) is -0.138. The van der Waals surface area contributed by atoms with Gasteiger partial charge >= 0.3 is 14.0 Å². The van der Waals surface area contributed by atoms with Crippen LogP contribution in [0, 0.1) is 0 Å². The van der Waals surface area contributed by atoms with Gasteiger partial charge in [-0.3, -0.25) is 4.52 Å². The van der Waals surface area contributed by atoms with Crippen molar-refractivity contribution >= 4 is 7.82 Å². The van der Waals surface area contributed by atoms with E-state index in [1.165, 1.54) is 25.3 Å². The van der Waals surface area contributed by atoms with Crippen LogP contribution in [0.15, 0.2) is 24.4 Å². The fraction of sp³-hybridized carbons (Fsp3) is 0.571. The van der Waals surface area contributed by atoms with Crippen LogP contribution >= 0.6 is 7.82 Å². The molecule has 1 unspecified atom stereocenters. The first-order chi connectivity index (χ1) is 15.3. The Morgan fingerprint density at radius 3 is 2.45 bits per heavy atom. The predicted octanol–water partition coefficient (Wildman–Crippen LogP) is 5.12. The second kappa shape index (κ2) is 11.5. The first kappa shape index (κ1) is 27.3. The van der Waals surface area contributed by atoms with E-state index in [0.717, 1.165) is 38.2 Å². The highest BCUT2D eigenvalue weighted by molar-refractivity contribution is 7.46. The van der Waals surface area contributed by atoms with Crippen LogP contribution in [0.1, 0.15) is 63.8 Å². The van der Waals surface area contributed by atoms with Gasteiger partial charge in [0.15, 0.2) is 0 Å². The van der Waals surface area contributed by atoms with Crippen LogP contribution in [-0.2, 0) is 20.8 Å². The first-order valence-corrected chi connectivity index (χ1v) is 12.3. The molecule has 8 nitrogen and oxygen atoms in total. The highest BCUT2D eigenvalue weighted by Crippen LogP contribution is 2.40. The maximum Gasteiger partial charge on any atom is 0.469 e. The summed E-state index contributed by atoms with van der Waals surface area (Å²) in [7, 11) is -4.74. The molecule has 0 aliphatic rings. The van der Waals surface area contributed by atoms with Crippen LogP contribution in [0.4, 0.5) is 13.2 Å². The Hall–Kier alpha value is -1.91. The zero-order valence-corrected chi connectivity index (χ0v) is 19.6. The van der Waals surface area contributed by atoms with Crippen molar-refractivity contribution in [2.24, 2.45) is 5.73 Å². The molecule has 0 fully saturated rings. The summed E-state index contributed by atoms with van der Waals surface area (Å²) >= 11 is 0. The SMILES string of the molecule is CCCCCCCCOc1ccc(-c2cnc(C(C)(N)COP(=O)(O)O)[nH]2)cc1C(F)(F)F. The van der Waals surface area contributed by atoms with Gasteiger partial charge in [0.1, 0.15) is 11.6 Å². The molecule has 33 heavy (non-hydrogen) atoms. The second-order valence-electron chi connectivity index (χ2n) is 8.15. The maximum absolute atomic E-state index is 13.6. The lowest BCUT2D eigenvalue weighted by Gasteiger charge is -2.22. The molecule has 0 saturated heterocycles. The molecule has 0 saturated carbocycles. The minimum atomic E-state index is -4.74. The fourth-order valence-corrected chi connectivity index (χ4v) is 3.59. The molecule has 0 spiro atoms. The number of nitrogens with zero attached hydrogens (tertiary/aromatic N) is 1. The van der Waals surface area contributed by atoms with E-state index in [2.05, 4.69) is 21.4 Å². The van der Waals surface area contributed by atoms with Gasteiger partial charge in [0.05, 0.1) is 36.2 Å². The standard InChI is InChI=1S/C21H31F3N3O5P/c1-3-4-5-6-7-8-11-31-18-10-9-15(12-16(18)21(22,23)24)17-13-26-19(27-17)20(2,25)14-32-33(28,29)30/h9-10,12-13H,3-8,11,14,25H2,1-2H3,(H,26,27)(H2,28,29,30). The average molecular weight is 493 g/mol. The molecule has 0 amide bonds. The minimum absolute atomic E-state index is 0.0999. The number of aromatic nitrogens is 2. The lowest BCUT2D eigenvalue weighted by atomic mass is 10.1. The molecule has 5 N–H and O–H groups in total. The number of aromatic amines is 1. The van der Waals surface area contributed by atoms with Crippen molar-refractivity contribution in [3.63, 3.8) is 0 Å². The van der Waals surface area contributed by atoms with Crippen LogP contribution < -0.4 is 10.5 Å². The molecular formula is C21H31F3N3O5P. The van der Waals surface area contributed by atoms with E-state index in [1.54, 1.807) is 0 Å². The number of alkyl halides is 3. The molecule has 0 aliphatic heterocycles. The number of ether oxygens (including phenoxy) is 1. The normalized spacial score (nSPS) is 14.3. The molecule has 2 aromatic rings. The van der Waals surface area contributed by atoms with Gasteiger partial charge in [-0.05, 0) is 31.5 Å².